The van der Waals surface area contributed by atoms with Crippen molar-refractivity contribution in [2.75, 3.05) is 19.7 Å². The second-order valence-electron chi connectivity index (χ2n) is 4.49. The van der Waals surface area contributed by atoms with Crippen LogP contribution in [0.2, 0.25) is 0 Å². The van der Waals surface area contributed by atoms with Gasteiger partial charge in [-0.2, -0.15) is 0 Å². The number of amides is 1. The van der Waals surface area contributed by atoms with Crippen molar-refractivity contribution >= 4 is 15.9 Å². The maximum Gasteiger partial charge on any atom is 0.240 e. The third-order valence-electron chi connectivity index (χ3n) is 2.71. The lowest BCUT2D eigenvalue weighted by atomic mass is 10.2. The Morgan fingerprint density at radius 1 is 1.25 bits per heavy atom. The Bertz CT molecular complexity index is 570. The largest absolute Gasteiger partial charge is 0.395 e. The van der Waals surface area contributed by atoms with Crippen LogP contribution >= 0.6 is 0 Å². The van der Waals surface area contributed by atoms with Gasteiger partial charge in [0.1, 0.15) is 0 Å². The summed E-state index contributed by atoms with van der Waals surface area (Å²) >= 11 is 0. The zero-order valence-electron chi connectivity index (χ0n) is 11.6. The van der Waals surface area contributed by atoms with Crippen molar-refractivity contribution in [3.8, 4) is 0 Å². The van der Waals surface area contributed by atoms with Crippen LogP contribution in [0.25, 0.3) is 0 Å². The fourth-order valence-corrected chi connectivity index (χ4v) is 3.02. The molecule has 0 saturated heterocycles. The third-order valence-corrected chi connectivity index (χ3v) is 4.31. The summed E-state index contributed by atoms with van der Waals surface area (Å²) in [4.78, 5) is 11.5. The third kappa shape index (κ3) is 4.92. The number of sulfonamides is 1. The van der Waals surface area contributed by atoms with Gasteiger partial charge in [0.25, 0.3) is 0 Å². The summed E-state index contributed by atoms with van der Waals surface area (Å²) in [6, 6.07) is 5.19. The van der Waals surface area contributed by atoms with E-state index in [-0.39, 0.29) is 36.9 Å². The molecule has 0 fully saturated rings. The first-order valence-corrected chi connectivity index (χ1v) is 7.79. The maximum absolute atomic E-state index is 12.1. The van der Waals surface area contributed by atoms with Crippen LogP contribution in [0.5, 0.6) is 0 Å². The van der Waals surface area contributed by atoms with Gasteiger partial charge < -0.3 is 10.4 Å². The SMILES string of the molecule is Cc1ccc(C)c(S(=O)(=O)NCCC(=O)NCCO)c1. The van der Waals surface area contributed by atoms with Crippen molar-refractivity contribution in [1.29, 1.82) is 0 Å². The first-order valence-electron chi connectivity index (χ1n) is 6.31. The predicted octanol–water partition coefficient (Wildman–Crippen LogP) is 0.0803. The molecule has 1 aromatic rings. The van der Waals surface area contributed by atoms with Gasteiger partial charge in [-0.3, -0.25) is 4.79 Å². The number of rotatable bonds is 7. The monoisotopic (exact) mass is 300 g/mol. The summed E-state index contributed by atoms with van der Waals surface area (Å²) in [5.41, 5.74) is 1.52. The number of hydrogen-bond acceptors (Lipinski definition) is 4. The van der Waals surface area contributed by atoms with Gasteiger partial charge in [-0.05, 0) is 31.0 Å². The standard InChI is InChI=1S/C13H20N2O4S/c1-10-3-4-11(2)12(9-10)20(18,19)15-6-5-13(17)14-7-8-16/h3-4,9,15-16H,5-8H2,1-2H3,(H,14,17). The molecule has 20 heavy (non-hydrogen) atoms. The Balaban J connectivity index is 2.62. The van der Waals surface area contributed by atoms with Crippen LogP contribution in [-0.2, 0) is 14.8 Å². The van der Waals surface area contributed by atoms with Crippen molar-refractivity contribution in [3.05, 3.63) is 29.3 Å². The number of carbonyl (C=O) groups excluding carboxylic acids is 1. The van der Waals surface area contributed by atoms with E-state index in [4.69, 9.17) is 5.11 Å². The number of carbonyl (C=O) groups is 1. The van der Waals surface area contributed by atoms with E-state index >= 15 is 0 Å². The average Bonchev–Trinajstić information content (AvgIpc) is 2.38. The highest BCUT2D eigenvalue weighted by molar-refractivity contribution is 7.89. The summed E-state index contributed by atoms with van der Waals surface area (Å²) < 4.78 is 26.6. The van der Waals surface area contributed by atoms with Gasteiger partial charge in [0.05, 0.1) is 11.5 Å². The molecular formula is C13H20N2O4S. The van der Waals surface area contributed by atoms with E-state index < -0.39 is 10.0 Å². The van der Waals surface area contributed by atoms with E-state index in [0.717, 1.165) is 5.56 Å². The lowest BCUT2D eigenvalue weighted by Crippen LogP contribution is -2.32. The number of hydrogen-bond donors (Lipinski definition) is 3. The summed E-state index contributed by atoms with van der Waals surface area (Å²) in [5.74, 6) is -0.303. The fraction of sp³-hybridized carbons (Fsp3) is 0.462. The molecule has 3 N–H and O–H groups in total. The Labute approximate surface area is 119 Å². The molecule has 0 atom stereocenters. The van der Waals surface area contributed by atoms with Crippen LogP contribution in [0.1, 0.15) is 17.5 Å². The molecule has 0 unspecified atom stereocenters. The van der Waals surface area contributed by atoms with E-state index in [1.165, 1.54) is 0 Å². The molecule has 0 bridgehead atoms. The van der Waals surface area contributed by atoms with Gasteiger partial charge in [0, 0.05) is 19.5 Å². The van der Waals surface area contributed by atoms with Crippen LogP contribution in [0, 0.1) is 13.8 Å². The fourth-order valence-electron chi connectivity index (χ4n) is 1.66. The van der Waals surface area contributed by atoms with Crippen LogP contribution in [0.4, 0.5) is 0 Å². The Morgan fingerprint density at radius 2 is 1.95 bits per heavy atom. The first kappa shape index (κ1) is 16.6. The number of aryl methyl sites for hydroxylation is 2. The summed E-state index contributed by atoms with van der Waals surface area (Å²) in [7, 11) is -3.61. The molecule has 0 aromatic heterocycles. The molecule has 0 aliphatic carbocycles. The maximum atomic E-state index is 12.1. The van der Waals surface area contributed by atoms with Crippen molar-refractivity contribution in [2.24, 2.45) is 0 Å². The second-order valence-corrected chi connectivity index (χ2v) is 6.23. The van der Waals surface area contributed by atoms with Gasteiger partial charge in [-0.15, -0.1) is 0 Å². The summed E-state index contributed by atoms with van der Waals surface area (Å²) in [5, 5.41) is 11.0. The Morgan fingerprint density at radius 3 is 2.60 bits per heavy atom. The molecule has 0 aliphatic rings. The second kappa shape index (κ2) is 7.37. The molecule has 0 heterocycles. The number of benzene rings is 1. The van der Waals surface area contributed by atoms with Gasteiger partial charge in [0.15, 0.2) is 0 Å². The van der Waals surface area contributed by atoms with Gasteiger partial charge in [0.2, 0.25) is 15.9 Å². The zero-order valence-corrected chi connectivity index (χ0v) is 12.5. The molecule has 112 valence electrons. The topological polar surface area (TPSA) is 95.5 Å². The molecule has 0 radical (unpaired) electrons. The normalized spacial score (nSPS) is 11.3. The number of aliphatic hydroxyl groups excluding tert-OH is 1. The Hall–Kier alpha value is -1.44. The highest BCUT2D eigenvalue weighted by atomic mass is 32.2. The summed E-state index contributed by atoms with van der Waals surface area (Å²) in [6.07, 6.45) is 0.0318. The van der Waals surface area contributed by atoms with Crippen LogP contribution < -0.4 is 10.0 Å². The van der Waals surface area contributed by atoms with Gasteiger partial charge in [-0.25, -0.2) is 13.1 Å². The molecule has 1 amide bonds. The van der Waals surface area contributed by atoms with E-state index in [2.05, 4.69) is 10.0 Å². The molecule has 1 aromatic carbocycles. The molecular weight excluding hydrogens is 280 g/mol. The minimum absolute atomic E-state index is 0.0208. The van der Waals surface area contributed by atoms with Crippen LogP contribution in [0.3, 0.4) is 0 Å². The Kier molecular flexibility index (Phi) is 6.12. The number of aliphatic hydroxyl groups is 1. The van der Waals surface area contributed by atoms with E-state index in [9.17, 15) is 13.2 Å². The smallest absolute Gasteiger partial charge is 0.240 e. The molecule has 7 heteroatoms. The van der Waals surface area contributed by atoms with Gasteiger partial charge in [-0.1, -0.05) is 12.1 Å². The molecule has 0 saturated carbocycles. The lowest BCUT2D eigenvalue weighted by molar-refractivity contribution is -0.121. The van der Waals surface area contributed by atoms with E-state index in [1.54, 1.807) is 19.1 Å². The first-order chi connectivity index (χ1) is 9.36. The highest BCUT2D eigenvalue weighted by Crippen LogP contribution is 2.16. The van der Waals surface area contributed by atoms with E-state index in [1.807, 2.05) is 13.0 Å². The van der Waals surface area contributed by atoms with Crippen molar-refractivity contribution in [1.82, 2.24) is 10.0 Å². The van der Waals surface area contributed by atoms with Crippen molar-refractivity contribution < 1.29 is 18.3 Å². The quantitative estimate of drug-likeness (QED) is 0.664. The lowest BCUT2D eigenvalue weighted by Gasteiger charge is -2.10. The summed E-state index contributed by atoms with van der Waals surface area (Å²) in [6.45, 7) is 3.60. The molecule has 1 rings (SSSR count). The molecule has 6 nitrogen and oxygen atoms in total. The zero-order chi connectivity index (χ0) is 15.2. The van der Waals surface area contributed by atoms with Crippen LogP contribution in [-0.4, -0.2) is 39.1 Å². The minimum Gasteiger partial charge on any atom is -0.395 e. The molecule has 0 aliphatic heterocycles. The van der Waals surface area contributed by atoms with Crippen LogP contribution in [0.15, 0.2) is 23.1 Å². The predicted molar refractivity (Wildman–Crippen MR) is 75.8 cm³/mol. The van der Waals surface area contributed by atoms with Gasteiger partial charge >= 0.3 is 0 Å². The van der Waals surface area contributed by atoms with Crippen molar-refractivity contribution in [3.63, 3.8) is 0 Å². The minimum atomic E-state index is -3.61. The highest BCUT2D eigenvalue weighted by Gasteiger charge is 2.16. The molecule has 0 spiro atoms. The average molecular weight is 300 g/mol. The number of nitrogens with one attached hydrogen (secondary N) is 2. The van der Waals surface area contributed by atoms with E-state index in [0.29, 0.717) is 5.56 Å². The van der Waals surface area contributed by atoms with Crippen molar-refractivity contribution in [2.45, 2.75) is 25.2 Å².